The first kappa shape index (κ1) is 9.58. The van der Waals surface area contributed by atoms with Crippen LogP contribution in [0.4, 0.5) is 0 Å². The van der Waals surface area contributed by atoms with Crippen LogP contribution in [0.25, 0.3) is 5.57 Å². The summed E-state index contributed by atoms with van der Waals surface area (Å²) in [6, 6.07) is 5.99. The Morgan fingerprint density at radius 2 is 2.17 bits per heavy atom. The Balaban J connectivity index is 3.12. The minimum absolute atomic E-state index is 0.893. The normalized spacial score (nSPS) is 9.58. The Hall–Kier alpha value is -0.510. The molecule has 0 N–H and O–H groups in total. The van der Waals surface area contributed by atoms with Crippen LogP contribution < -0.4 is 4.74 Å². The largest absolute Gasteiger partial charge is 0.497 e. The predicted molar refractivity (Wildman–Crippen MR) is 60.4 cm³/mol. The summed E-state index contributed by atoms with van der Waals surface area (Å²) in [5.41, 5.74) is 2.28. The molecule has 0 aliphatic rings. The molecule has 0 saturated heterocycles. The molecule has 0 bridgehead atoms. The Morgan fingerprint density at radius 3 is 2.58 bits per heavy atom. The lowest BCUT2D eigenvalue weighted by molar-refractivity contribution is 0.414. The number of benzene rings is 1. The molecular formula is C10H11IO. The highest BCUT2D eigenvalue weighted by Gasteiger charge is 2.00. The molecule has 0 aliphatic carbocycles. The number of allylic oxidation sites excluding steroid dienone is 1. The average molecular weight is 274 g/mol. The number of halogens is 1. The molecule has 0 atom stereocenters. The first-order chi connectivity index (χ1) is 5.65. The SMILES string of the molecule is C=C(C)c1ccc(OC)cc1I. The number of rotatable bonds is 2. The second-order valence-electron chi connectivity index (χ2n) is 2.63. The molecule has 0 saturated carbocycles. The molecule has 1 rings (SSSR count). The maximum Gasteiger partial charge on any atom is 0.119 e. The standard InChI is InChI=1S/C10H11IO/c1-7(2)9-5-4-8(12-3)6-10(9)11/h4-6H,1H2,2-3H3. The van der Waals surface area contributed by atoms with E-state index in [0.717, 1.165) is 11.3 Å². The fourth-order valence-corrected chi connectivity index (χ4v) is 1.92. The first-order valence-corrected chi connectivity index (χ1v) is 4.72. The highest BCUT2D eigenvalue weighted by atomic mass is 127. The van der Waals surface area contributed by atoms with Crippen molar-refractivity contribution in [3.63, 3.8) is 0 Å². The van der Waals surface area contributed by atoms with Gasteiger partial charge in [0.1, 0.15) is 5.75 Å². The Labute approximate surface area is 86.6 Å². The van der Waals surface area contributed by atoms with Crippen molar-refractivity contribution >= 4 is 28.2 Å². The minimum atomic E-state index is 0.893. The molecule has 0 radical (unpaired) electrons. The van der Waals surface area contributed by atoms with E-state index in [1.54, 1.807) is 7.11 Å². The van der Waals surface area contributed by atoms with Gasteiger partial charge in [-0.2, -0.15) is 0 Å². The zero-order valence-corrected chi connectivity index (χ0v) is 9.38. The van der Waals surface area contributed by atoms with E-state index >= 15 is 0 Å². The van der Waals surface area contributed by atoms with Gasteiger partial charge in [-0.05, 0) is 53.3 Å². The summed E-state index contributed by atoms with van der Waals surface area (Å²) in [6.45, 7) is 5.90. The molecule has 0 spiro atoms. The fraction of sp³-hybridized carbons (Fsp3) is 0.200. The van der Waals surface area contributed by atoms with E-state index in [4.69, 9.17) is 4.74 Å². The summed E-state index contributed by atoms with van der Waals surface area (Å²) >= 11 is 2.28. The van der Waals surface area contributed by atoms with E-state index in [0.29, 0.717) is 0 Å². The molecule has 0 aromatic heterocycles. The number of methoxy groups -OCH3 is 1. The van der Waals surface area contributed by atoms with Gasteiger partial charge in [-0.3, -0.25) is 0 Å². The van der Waals surface area contributed by atoms with Crippen LogP contribution in [0.1, 0.15) is 12.5 Å². The average Bonchev–Trinajstić information content (AvgIpc) is 2.03. The third-order valence-corrected chi connectivity index (χ3v) is 2.53. The summed E-state index contributed by atoms with van der Waals surface area (Å²) in [7, 11) is 1.67. The second-order valence-corrected chi connectivity index (χ2v) is 3.79. The lowest BCUT2D eigenvalue weighted by Gasteiger charge is -2.05. The molecule has 0 amide bonds. The van der Waals surface area contributed by atoms with Gasteiger partial charge in [0.2, 0.25) is 0 Å². The van der Waals surface area contributed by atoms with Crippen LogP contribution in [0.3, 0.4) is 0 Å². The van der Waals surface area contributed by atoms with E-state index in [2.05, 4.69) is 29.2 Å². The maximum atomic E-state index is 5.10. The molecule has 0 unspecified atom stereocenters. The van der Waals surface area contributed by atoms with Crippen LogP contribution in [0.5, 0.6) is 5.75 Å². The number of hydrogen-bond donors (Lipinski definition) is 0. The van der Waals surface area contributed by atoms with E-state index < -0.39 is 0 Å². The summed E-state index contributed by atoms with van der Waals surface area (Å²) in [5, 5.41) is 0. The molecule has 64 valence electrons. The summed E-state index contributed by atoms with van der Waals surface area (Å²) in [5.74, 6) is 0.893. The van der Waals surface area contributed by atoms with Gasteiger partial charge in [-0.1, -0.05) is 12.2 Å². The van der Waals surface area contributed by atoms with Gasteiger partial charge in [0.05, 0.1) is 7.11 Å². The van der Waals surface area contributed by atoms with Crippen molar-refractivity contribution in [1.82, 2.24) is 0 Å². The van der Waals surface area contributed by atoms with Gasteiger partial charge in [0, 0.05) is 3.57 Å². The Bertz CT molecular complexity index is 305. The lowest BCUT2D eigenvalue weighted by Crippen LogP contribution is -1.87. The fourth-order valence-electron chi connectivity index (χ4n) is 0.969. The zero-order valence-electron chi connectivity index (χ0n) is 7.23. The van der Waals surface area contributed by atoms with Gasteiger partial charge in [-0.25, -0.2) is 0 Å². The topological polar surface area (TPSA) is 9.23 Å². The molecule has 1 aromatic rings. The maximum absolute atomic E-state index is 5.10. The highest BCUT2D eigenvalue weighted by molar-refractivity contribution is 14.1. The van der Waals surface area contributed by atoms with Crippen molar-refractivity contribution in [3.05, 3.63) is 33.9 Å². The molecule has 0 fully saturated rings. The first-order valence-electron chi connectivity index (χ1n) is 3.64. The number of hydrogen-bond acceptors (Lipinski definition) is 1. The van der Waals surface area contributed by atoms with E-state index in [1.807, 2.05) is 25.1 Å². The Morgan fingerprint density at radius 1 is 1.50 bits per heavy atom. The van der Waals surface area contributed by atoms with E-state index in [1.165, 1.54) is 9.13 Å². The highest BCUT2D eigenvalue weighted by Crippen LogP contribution is 2.23. The monoisotopic (exact) mass is 274 g/mol. The van der Waals surface area contributed by atoms with Crippen molar-refractivity contribution in [2.24, 2.45) is 0 Å². The summed E-state index contributed by atoms with van der Waals surface area (Å²) < 4.78 is 6.28. The molecule has 1 aromatic carbocycles. The van der Waals surface area contributed by atoms with Gasteiger partial charge >= 0.3 is 0 Å². The molecular weight excluding hydrogens is 263 g/mol. The van der Waals surface area contributed by atoms with Crippen LogP contribution in [0.2, 0.25) is 0 Å². The summed E-state index contributed by atoms with van der Waals surface area (Å²) in [4.78, 5) is 0. The number of ether oxygens (including phenoxy) is 1. The molecule has 0 aliphatic heterocycles. The third kappa shape index (κ3) is 2.00. The summed E-state index contributed by atoms with van der Waals surface area (Å²) in [6.07, 6.45) is 0. The second kappa shape index (κ2) is 3.94. The quantitative estimate of drug-likeness (QED) is 0.751. The van der Waals surface area contributed by atoms with Crippen LogP contribution in [0.15, 0.2) is 24.8 Å². The third-order valence-electron chi connectivity index (χ3n) is 1.64. The molecule has 1 nitrogen and oxygen atoms in total. The molecule has 2 heteroatoms. The molecule has 12 heavy (non-hydrogen) atoms. The van der Waals surface area contributed by atoms with Gasteiger partial charge in [0.25, 0.3) is 0 Å². The van der Waals surface area contributed by atoms with Crippen molar-refractivity contribution in [2.45, 2.75) is 6.92 Å². The van der Waals surface area contributed by atoms with Gasteiger partial charge < -0.3 is 4.74 Å². The van der Waals surface area contributed by atoms with Crippen LogP contribution in [-0.2, 0) is 0 Å². The van der Waals surface area contributed by atoms with Gasteiger partial charge in [0.15, 0.2) is 0 Å². The van der Waals surface area contributed by atoms with Crippen LogP contribution in [0, 0.1) is 3.57 Å². The van der Waals surface area contributed by atoms with Crippen LogP contribution >= 0.6 is 22.6 Å². The Kier molecular flexibility index (Phi) is 3.14. The van der Waals surface area contributed by atoms with Crippen molar-refractivity contribution < 1.29 is 4.74 Å². The van der Waals surface area contributed by atoms with E-state index in [-0.39, 0.29) is 0 Å². The van der Waals surface area contributed by atoms with Crippen molar-refractivity contribution in [2.75, 3.05) is 7.11 Å². The molecule has 0 heterocycles. The smallest absolute Gasteiger partial charge is 0.119 e. The van der Waals surface area contributed by atoms with Crippen molar-refractivity contribution in [3.8, 4) is 5.75 Å². The van der Waals surface area contributed by atoms with Crippen molar-refractivity contribution in [1.29, 1.82) is 0 Å². The van der Waals surface area contributed by atoms with E-state index in [9.17, 15) is 0 Å². The predicted octanol–water partition coefficient (Wildman–Crippen LogP) is 3.33. The minimum Gasteiger partial charge on any atom is -0.497 e. The van der Waals surface area contributed by atoms with Crippen LogP contribution in [-0.4, -0.2) is 7.11 Å². The zero-order chi connectivity index (χ0) is 9.14. The van der Waals surface area contributed by atoms with Gasteiger partial charge in [-0.15, -0.1) is 0 Å². The lowest BCUT2D eigenvalue weighted by atomic mass is 10.1.